The van der Waals surface area contributed by atoms with Crippen LogP contribution in [0.15, 0.2) is 35.9 Å². The third kappa shape index (κ3) is 6.04. The number of rotatable bonds is 8. The van der Waals surface area contributed by atoms with Gasteiger partial charge in [0.1, 0.15) is 17.9 Å². The SMILES string of the molecule is COc1ccc(C(=O)NC2C=C(C(=O)NC(CC(C)C)C(N)=O)CC(O)C2O)cc1. The fraction of sp³-hybridized carbons (Fsp3) is 0.476. The van der Waals surface area contributed by atoms with Crippen LogP contribution in [-0.4, -0.2) is 59.3 Å². The van der Waals surface area contributed by atoms with E-state index in [1.807, 2.05) is 13.8 Å². The quantitative estimate of drug-likeness (QED) is 0.396. The van der Waals surface area contributed by atoms with E-state index in [0.717, 1.165) is 0 Å². The van der Waals surface area contributed by atoms with Crippen molar-refractivity contribution in [2.45, 2.75) is 51.0 Å². The second-order valence-corrected chi connectivity index (χ2v) is 7.74. The van der Waals surface area contributed by atoms with Gasteiger partial charge < -0.3 is 31.3 Å². The first-order valence-corrected chi connectivity index (χ1v) is 9.74. The summed E-state index contributed by atoms with van der Waals surface area (Å²) in [6, 6.07) is 4.51. The largest absolute Gasteiger partial charge is 0.497 e. The Morgan fingerprint density at radius 2 is 1.80 bits per heavy atom. The molecule has 0 aliphatic heterocycles. The second kappa shape index (κ2) is 10.2. The Bertz CT molecular complexity index is 805. The van der Waals surface area contributed by atoms with Crippen molar-refractivity contribution in [3.05, 3.63) is 41.5 Å². The molecule has 1 aliphatic carbocycles. The molecule has 0 saturated carbocycles. The Morgan fingerprint density at radius 3 is 2.33 bits per heavy atom. The summed E-state index contributed by atoms with van der Waals surface area (Å²) in [5.41, 5.74) is 5.84. The number of hydrogen-bond acceptors (Lipinski definition) is 6. The van der Waals surface area contributed by atoms with Crippen molar-refractivity contribution in [2.75, 3.05) is 7.11 Å². The maximum Gasteiger partial charge on any atom is 0.251 e. The molecule has 1 aliphatic rings. The van der Waals surface area contributed by atoms with Gasteiger partial charge in [0, 0.05) is 17.6 Å². The van der Waals surface area contributed by atoms with Gasteiger partial charge in [-0.1, -0.05) is 19.9 Å². The van der Waals surface area contributed by atoms with Gasteiger partial charge in [0.05, 0.1) is 19.3 Å². The Balaban J connectivity index is 2.14. The summed E-state index contributed by atoms with van der Waals surface area (Å²) in [4.78, 5) is 36.7. The van der Waals surface area contributed by atoms with E-state index < -0.39 is 42.0 Å². The van der Waals surface area contributed by atoms with Crippen molar-refractivity contribution < 1.29 is 29.3 Å². The minimum absolute atomic E-state index is 0.116. The second-order valence-electron chi connectivity index (χ2n) is 7.74. The van der Waals surface area contributed by atoms with Gasteiger partial charge in [0.15, 0.2) is 0 Å². The highest BCUT2D eigenvalue weighted by atomic mass is 16.5. The maximum atomic E-state index is 12.6. The Hall–Kier alpha value is -2.91. The number of carbonyl (C=O) groups is 3. The Morgan fingerprint density at radius 1 is 1.17 bits per heavy atom. The molecule has 164 valence electrons. The van der Waals surface area contributed by atoms with Crippen LogP contribution in [0.3, 0.4) is 0 Å². The van der Waals surface area contributed by atoms with Crippen LogP contribution in [0.1, 0.15) is 37.0 Å². The maximum absolute atomic E-state index is 12.6. The molecule has 6 N–H and O–H groups in total. The van der Waals surface area contributed by atoms with Crippen LogP contribution in [-0.2, 0) is 9.59 Å². The summed E-state index contributed by atoms with van der Waals surface area (Å²) in [6.07, 6.45) is -0.895. The van der Waals surface area contributed by atoms with E-state index in [1.165, 1.54) is 13.2 Å². The predicted octanol–water partition coefficient (Wildman–Crippen LogP) is -0.138. The lowest BCUT2D eigenvalue weighted by atomic mass is 9.89. The lowest BCUT2D eigenvalue weighted by Gasteiger charge is -2.31. The van der Waals surface area contributed by atoms with Crippen molar-refractivity contribution >= 4 is 17.7 Å². The fourth-order valence-corrected chi connectivity index (χ4v) is 3.21. The van der Waals surface area contributed by atoms with Crippen LogP contribution in [0.4, 0.5) is 0 Å². The molecule has 2 rings (SSSR count). The van der Waals surface area contributed by atoms with Crippen molar-refractivity contribution in [2.24, 2.45) is 11.7 Å². The molecule has 1 aromatic rings. The van der Waals surface area contributed by atoms with Gasteiger partial charge in [-0.05, 0) is 36.6 Å². The average Bonchev–Trinajstić information content (AvgIpc) is 2.70. The molecule has 0 bridgehead atoms. The van der Waals surface area contributed by atoms with Gasteiger partial charge in [-0.15, -0.1) is 0 Å². The van der Waals surface area contributed by atoms with Crippen molar-refractivity contribution in [3.8, 4) is 5.75 Å². The normalized spacial score (nSPS) is 22.1. The number of aliphatic hydroxyl groups is 2. The van der Waals surface area contributed by atoms with Crippen LogP contribution in [0, 0.1) is 5.92 Å². The summed E-state index contributed by atoms with van der Waals surface area (Å²) in [5, 5.41) is 25.6. The summed E-state index contributed by atoms with van der Waals surface area (Å²) in [7, 11) is 1.51. The highest BCUT2D eigenvalue weighted by Gasteiger charge is 2.34. The highest BCUT2D eigenvalue weighted by Crippen LogP contribution is 2.21. The monoisotopic (exact) mass is 419 g/mol. The van der Waals surface area contributed by atoms with Crippen LogP contribution in [0.5, 0.6) is 5.75 Å². The Kier molecular flexibility index (Phi) is 7.96. The van der Waals surface area contributed by atoms with Crippen LogP contribution in [0.25, 0.3) is 0 Å². The lowest BCUT2D eigenvalue weighted by Crippen LogP contribution is -2.52. The van der Waals surface area contributed by atoms with E-state index in [1.54, 1.807) is 24.3 Å². The molecule has 0 heterocycles. The molecule has 1 aromatic carbocycles. The van der Waals surface area contributed by atoms with Crippen LogP contribution < -0.4 is 21.1 Å². The predicted molar refractivity (Wildman–Crippen MR) is 110 cm³/mol. The van der Waals surface area contributed by atoms with Gasteiger partial charge in [-0.3, -0.25) is 14.4 Å². The number of nitrogens with two attached hydrogens (primary N) is 1. The summed E-state index contributed by atoms with van der Waals surface area (Å²) in [6.45, 7) is 3.79. The number of benzene rings is 1. The van der Waals surface area contributed by atoms with Gasteiger partial charge >= 0.3 is 0 Å². The molecule has 4 unspecified atom stereocenters. The van der Waals surface area contributed by atoms with Gasteiger partial charge in [-0.2, -0.15) is 0 Å². The van der Waals surface area contributed by atoms with Crippen LogP contribution >= 0.6 is 0 Å². The number of primary amides is 1. The molecule has 4 atom stereocenters. The van der Waals surface area contributed by atoms with Gasteiger partial charge in [0.2, 0.25) is 11.8 Å². The summed E-state index contributed by atoms with van der Waals surface area (Å²) >= 11 is 0. The smallest absolute Gasteiger partial charge is 0.251 e. The first-order chi connectivity index (χ1) is 14.1. The number of methoxy groups -OCH3 is 1. The molecular weight excluding hydrogens is 390 g/mol. The first kappa shape index (κ1) is 23.4. The molecule has 0 radical (unpaired) electrons. The van der Waals surface area contributed by atoms with Crippen LogP contribution in [0.2, 0.25) is 0 Å². The number of aliphatic hydroxyl groups excluding tert-OH is 2. The molecule has 0 saturated heterocycles. The minimum Gasteiger partial charge on any atom is -0.497 e. The zero-order valence-electron chi connectivity index (χ0n) is 17.3. The van der Waals surface area contributed by atoms with E-state index in [9.17, 15) is 24.6 Å². The number of hydrogen-bond donors (Lipinski definition) is 5. The van der Waals surface area contributed by atoms with E-state index in [0.29, 0.717) is 17.7 Å². The third-order valence-corrected chi connectivity index (χ3v) is 4.87. The molecule has 3 amide bonds. The molecule has 0 spiro atoms. The lowest BCUT2D eigenvalue weighted by molar-refractivity contribution is -0.126. The Labute approximate surface area is 175 Å². The van der Waals surface area contributed by atoms with E-state index in [4.69, 9.17) is 10.5 Å². The van der Waals surface area contributed by atoms with E-state index in [-0.39, 0.29) is 17.9 Å². The zero-order valence-corrected chi connectivity index (χ0v) is 17.3. The number of ether oxygens (including phenoxy) is 1. The van der Waals surface area contributed by atoms with E-state index in [2.05, 4.69) is 10.6 Å². The van der Waals surface area contributed by atoms with Gasteiger partial charge in [0.25, 0.3) is 5.91 Å². The molecule has 9 heteroatoms. The van der Waals surface area contributed by atoms with E-state index >= 15 is 0 Å². The summed E-state index contributed by atoms with van der Waals surface area (Å²) in [5.74, 6) is -0.995. The van der Waals surface area contributed by atoms with Crippen molar-refractivity contribution in [1.82, 2.24) is 10.6 Å². The third-order valence-electron chi connectivity index (χ3n) is 4.87. The van der Waals surface area contributed by atoms with Crippen molar-refractivity contribution in [1.29, 1.82) is 0 Å². The average molecular weight is 419 g/mol. The number of carbonyl (C=O) groups excluding carboxylic acids is 3. The molecule has 0 fully saturated rings. The van der Waals surface area contributed by atoms with Gasteiger partial charge in [-0.25, -0.2) is 0 Å². The highest BCUT2D eigenvalue weighted by molar-refractivity contribution is 5.98. The standard InChI is InChI=1S/C21H29N3O6/c1-11(2)8-16(19(22)27)24-21(29)13-9-15(18(26)17(25)10-13)23-20(28)12-4-6-14(30-3)7-5-12/h4-7,9,11,15-18,25-26H,8,10H2,1-3H3,(H2,22,27)(H,23,28)(H,24,29). The number of nitrogens with one attached hydrogen (secondary N) is 2. The minimum atomic E-state index is -1.29. The van der Waals surface area contributed by atoms with Crippen molar-refractivity contribution in [3.63, 3.8) is 0 Å². The topological polar surface area (TPSA) is 151 Å². The number of amides is 3. The zero-order chi connectivity index (χ0) is 22.4. The molecule has 30 heavy (non-hydrogen) atoms. The molecule has 0 aromatic heterocycles. The fourth-order valence-electron chi connectivity index (χ4n) is 3.21. The molecular formula is C21H29N3O6. The summed E-state index contributed by atoms with van der Waals surface area (Å²) < 4.78 is 5.05. The molecule has 9 nitrogen and oxygen atoms in total. The first-order valence-electron chi connectivity index (χ1n) is 9.74.